The molecule has 100 valence electrons. The van der Waals surface area contributed by atoms with Crippen molar-refractivity contribution in [2.75, 3.05) is 0 Å². The molecule has 0 aliphatic carbocycles. The summed E-state index contributed by atoms with van der Waals surface area (Å²) in [6.07, 6.45) is 0.765. The first-order chi connectivity index (χ1) is 9.72. The summed E-state index contributed by atoms with van der Waals surface area (Å²) in [7, 11) is 0. The molecule has 20 heavy (non-hydrogen) atoms. The lowest BCUT2D eigenvalue weighted by molar-refractivity contribution is 0.996. The van der Waals surface area contributed by atoms with E-state index in [-0.39, 0.29) is 0 Å². The summed E-state index contributed by atoms with van der Waals surface area (Å²) in [5, 5.41) is 8.19. The van der Waals surface area contributed by atoms with Crippen LogP contribution < -0.4 is 0 Å². The number of benzene rings is 2. The Labute approximate surface area is 130 Å². The molecular weight excluding hydrogens is 336 g/mol. The van der Waals surface area contributed by atoms with Gasteiger partial charge in [-0.2, -0.15) is 5.10 Å². The molecular formula is C16H12BrClN2. The molecule has 1 heterocycles. The van der Waals surface area contributed by atoms with Gasteiger partial charge in [0, 0.05) is 27.2 Å². The highest BCUT2D eigenvalue weighted by atomic mass is 79.9. The van der Waals surface area contributed by atoms with Gasteiger partial charge in [0.1, 0.15) is 0 Å². The largest absolute Gasteiger partial charge is 0.282 e. The monoisotopic (exact) mass is 346 g/mol. The Balaban J connectivity index is 1.86. The van der Waals surface area contributed by atoms with Gasteiger partial charge >= 0.3 is 0 Å². The summed E-state index contributed by atoms with van der Waals surface area (Å²) in [4.78, 5) is 0. The van der Waals surface area contributed by atoms with Crippen LogP contribution in [0.1, 0.15) is 11.3 Å². The molecule has 0 aliphatic heterocycles. The zero-order valence-electron chi connectivity index (χ0n) is 10.6. The minimum Gasteiger partial charge on any atom is -0.282 e. The van der Waals surface area contributed by atoms with Crippen LogP contribution in [0, 0.1) is 0 Å². The number of hydrogen-bond donors (Lipinski definition) is 1. The van der Waals surface area contributed by atoms with E-state index in [9.17, 15) is 0 Å². The minimum absolute atomic E-state index is 0.742. The predicted molar refractivity (Wildman–Crippen MR) is 86.0 cm³/mol. The van der Waals surface area contributed by atoms with Gasteiger partial charge in [-0.1, -0.05) is 57.9 Å². The smallest absolute Gasteiger partial charge is 0.0923 e. The third-order valence-corrected chi connectivity index (χ3v) is 4.10. The van der Waals surface area contributed by atoms with Crippen molar-refractivity contribution in [2.45, 2.75) is 6.42 Å². The SMILES string of the molecule is Clc1ccc(Br)c(Cc2cc(-c3ccccc3)n[nH]2)c1. The average Bonchev–Trinajstić information content (AvgIpc) is 2.92. The molecule has 3 rings (SSSR count). The summed E-state index contributed by atoms with van der Waals surface area (Å²) >= 11 is 9.58. The maximum Gasteiger partial charge on any atom is 0.0923 e. The molecule has 4 heteroatoms. The van der Waals surface area contributed by atoms with E-state index in [4.69, 9.17) is 11.6 Å². The van der Waals surface area contributed by atoms with E-state index in [0.717, 1.165) is 38.4 Å². The number of H-pyrrole nitrogens is 1. The summed E-state index contributed by atoms with van der Waals surface area (Å²) < 4.78 is 1.05. The number of aromatic amines is 1. The van der Waals surface area contributed by atoms with Gasteiger partial charge in [0.15, 0.2) is 0 Å². The van der Waals surface area contributed by atoms with Crippen LogP contribution in [0.3, 0.4) is 0 Å². The van der Waals surface area contributed by atoms with Gasteiger partial charge in [-0.15, -0.1) is 0 Å². The van der Waals surface area contributed by atoms with Crippen molar-refractivity contribution in [3.63, 3.8) is 0 Å². The Hall–Kier alpha value is -1.58. The molecule has 2 aromatic carbocycles. The third-order valence-electron chi connectivity index (χ3n) is 3.09. The number of nitrogens with one attached hydrogen (secondary N) is 1. The molecule has 3 aromatic rings. The Morgan fingerprint density at radius 3 is 2.65 bits per heavy atom. The molecule has 0 bridgehead atoms. The maximum atomic E-state index is 6.04. The van der Waals surface area contributed by atoms with Crippen LogP contribution >= 0.6 is 27.5 Å². The highest BCUT2D eigenvalue weighted by Crippen LogP contribution is 2.24. The summed E-state index contributed by atoms with van der Waals surface area (Å²) in [6, 6.07) is 18.0. The van der Waals surface area contributed by atoms with Crippen LogP contribution in [0.15, 0.2) is 59.1 Å². The molecule has 2 nitrogen and oxygen atoms in total. The highest BCUT2D eigenvalue weighted by molar-refractivity contribution is 9.10. The van der Waals surface area contributed by atoms with Crippen LogP contribution in [-0.2, 0) is 6.42 Å². The van der Waals surface area contributed by atoms with Crippen molar-refractivity contribution in [1.82, 2.24) is 10.2 Å². The summed E-state index contributed by atoms with van der Waals surface area (Å²) in [6.45, 7) is 0. The Bertz CT molecular complexity index is 722. The molecule has 0 unspecified atom stereocenters. The molecule has 0 aliphatic rings. The van der Waals surface area contributed by atoms with Gasteiger partial charge in [0.25, 0.3) is 0 Å². The number of rotatable bonds is 3. The fourth-order valence-electron chi connectivity index (χ4n) is 2.09. The molecule has 0 fully saturated rings. The van der Waals surface area contributed by atoms with E-state index in [1.807, 2.05) is 36.4 Å². The Kier molecular flexibility index (Phi) is 3.90. The van der Waals surface area contributed by atoms with Crippen LogP contribution in [-0.4, -0.2) is 10.2 Å². The lowest BCUT2D eigenvalue weighted by Crippen LogP contribution is -1.90. The standard InChI is InChI=1S/C16H12BrClN2/c17-15-7-6-13(18)8-12(15)9-14-10-16(20-19-14)11-4-2-1-3-5-11/h1-8,10H,9H2,(H,19,20). The molecule has 0 spiro atoms. The first kappa shape index (κ1) is 13.4. The first-order valence-corrected chi connectivity index (χ1v) is 7.43. The van der Waals surface area contributed by atoms with Gasteiger partial charge < -0.3 is 0 Å². The highest BCUT2D eigenvalue weighted by Gasteiger charge is 2.07. The topological polar surface area (TPSA) is 28.7 Å². The van der Waals surface area contributed by atoms with Crippen molar-refractivity contribution in [1.29, 1.82) is 0 Å². The molecule has 1 aromatic heterocycles. The van der Waals surface area contributed by atoms with Crippen LogP contribution in [0.5, 0.6) is 0 Å². The summed E-state index contributed by atoms with van der Waals surface area (Å²) in [5.74, 6) is 0. The number of aromatic nitrogens is 2. The fraction of sp³-hybridized carbons (Fsp3) is 0.0625. The molecule has 0 radical (unpaired) electrons. The molecule has 1 N–H and O–H groups in total. The number of nitrogens with zero attached hydrogens (tertiary/aromatic N) is 1. The second-order valence-corrected chi connectivity index (χ2v) is 5.85. The second-order valence-electron chi connectivity index (χ2n) is 4.56. The molecule has 0 amide bonds. The zero-order valence-corrected chi connectivity index (χ0v) is 12.9. The van der Waals surface area contributed by atoms with E-state index in [1.54, 1.807) is 0 Å². The molecule has 0 saturated carbocycles. The quantitative estimate of drug-likeness (QED) is 0.703. The van der Waals surface area contributed by atoms with E-state index < -0.39 is 0 Å². The van der Waals surface area contributed by atoms with Crippen LogP contribution in [0.4, 0.5) is 0 Å². The lowest BCUT2D eigenvalue weighted by atomic mass is 10.1. The van der Waals surface area contributed by atoms with Gasteiger partial charge in [-0.25, -0.2) is 0 Å². The van der Waals surface area contributed by atoms with Crippen molar-refractivity contribution >= 4 is 27.5 Å². The average molecular weight is 348 g/mol. The maximum absolute atomic E-state index is 6.04. The zero-order chi connectivity index (χ0) is 13.9. The van der Waals surface area contributed by atoms with Crippen molar-refractivity contribution in [2.24, 2.45) is 0 Å². The predicted octanol–water partition coefficient (Wildman–Crippen LogP) is 5.08. The van der Waals surface area contributed by atoms with Crippen molar-refractivity contribution in [3.05, 3.63) is 75.4 Å². The number of hydrogen-bond acceptors (Lipinski definition) is 1. The van der Waals surface area contributed by atoms with Gasteiger partial charge in [-0.3, -0.25) is 5.10 Å². The van der Waals surface area contributed by atoms with Gasteiger partial charge in [-0.05, 0) is 29.8 Å². The van der Waals surface area contributed by atoms with Crippen LogP contribution in [0.2, 0.25) is 5.02 Å². The summed E-state index contributed by atoms with van der Waals surface area (Å²) in [5.41, 5.74) is 4.27. The van der Waals surface area contributed by atoms with E-state index in [0.29, 0.717) is 0 Å². The van der Waals surface area contributed by atoms with Crippen molar-refractivity contribution < 1.29 is 0 Å². The van der Waals surface area contributed by atoms with Gasteiger partial charge in [0.05, 0.1) is 5.69 Å². The number of halogens is 2. The van der Waals surface area contributed by atoms with Gasteiger partial charge in [0.2, 0.25) is 0 Å². The lowest BCUT2D eigenvalue weighted by Gasteiger charge is -2.03. The minimum atomic E-state index is 0.742. The van der Waals surface area contributed by atoms with E-state index in [1.165, 1.54) is 0 Å². The van der Waals surface area contributed by atoms with Crippen LogP contribution in [0.25, 0.3) is 11.3 Å². The normalized spacial score (nSPS) is 10.7. The molecule has 0 atom stereocenters. The van der Waals surface area contributed by atoms with E-state index in [2.05, 4.69) is 44.3 Å². The first-order valence-electron chi connectivity index (χ1n) is 6.26. The second kappa shape index (κ2) is 5.81. The Morgan fingerprint density at radius 1 is 1.05 bits per heavy atom. The van der Waals surface area contributed by atoms with E-state index >= 15 is 0 Å². The van der Waals surface area contributed by atoms with Crippen molar-refractivity contribution in [3.8, 4) is 11.3 Å². The Morgan fingerprint density at radius 2 is 1.85 bits per heavy atom. The third kappa shape index (κ3) is 2.94. The molecule has 0 saturated heterocycles. The fourth-order valence-corrected chi connectivity index (χ4v) is 2.67.